The summed E-state index contributed by atoms with van der Waals surface area (Å²) in [6.45, 7) is 0. The van der Waals surface area contributed by atoms with Crippen LogP contribution in [0.2, 0.25) is 0 Å². The smallest absolute Gasteiger partial charge is 0.736 e. The van der Waals surface area contributed by atoms with Crippen molar-refractivity contribution < 1.29 is 88.3 Å². The Kier molecular flexibility index (Phi) is 11.3. The van der Waals surface area contributed by atoms with Gasteiger partial charge in [0.2, 0.25) is 0 Å². The van der Waals surface area contributed by atoms with Crippen LogP contribution in [0.25, 0.3) is 0 Å². The molecule has 0 atom stereocenters. The Hall–Kier alpha value is -4.19. The molecular formula is C30H26NaO12P. The van der Waals surface area contributed by atoms with E-state index < -0.39 is 53.9 Å². The van der Waals surface area contributed by atoms with Gasteiger partial charge in [-0.2, -0.15) is 0 Å². The molecule has 0 unspecified atom stereocenters. The zero-order valence-electron chi connectivity index (χ0n) is 23.3. The van der Waals surface area contributed by atoms with Crippen LogP contribution in [0.1, 0.15) is 44.7 Å². The summed E-state index contributed by atoms with van der Waals surface area (Å²) in [5.74, 6) is -4.49. The largest absolute Gasteiger partial charge is 1.00 e. The van der Waals surface area contributed by atoms with Gasteiger partial charge in [0.15, 0.2) is 11.6 Å². The summed E-state index contributed by atoms with van der Waals surface area (Å²) < 4.78 is 22.8. The van der Waals surface area contributed by atoms with Crippen LogP contribution in [0.4, 0.5) is 0 Å². The van der Waals surface area contributed by atoms with E-state index in [9.17, 15) is 49.7 Å². The number of phenolic OH excluding ortho intramolecular Hbond substituents is 6. The summed E-state index contributed by atoms with van der Waals surface area (Å²) in [5.41, 5.74) is 0.346. The zero-order chi connectivity index (χ0) is 31.3. The third kappa shape index (κ3) is 8.91. The average Bonchev–Trinajstić information content (AvgIpc) is 2.89. The average molecular weight is 632 g/mol. The minimum Gasteiger partial charge on any atom is -0.736 e. The van der Waals surface area contributed by atoms with Crippen LogP contribution < -0.4 is 43.5 Å². The normalized spacial score (nSPS) is 10.9. The fourth-order valence-electron chi connectivity index (χ4n) is 4.32. The fourth-order valence-corrected chi connectivity index (χ4v) is 5.11. The quantitative estimate of drug-likeness (QED) is 0.0745. The van der Waals surface area contributed by atoms with Gasteiger partial charge in [-0.05, 0) is 48.2 Å². The Morgan fingerprint density at radius 3 is 1.30 bits per heavy atom. The van der Waals surface area contributed by atoms with Gasteiger partial charge in [0.05, 0.1) is 0 Å². The third-order valence-electron chi connectivity index (χ3n) is 6.23. The summed E-state index contributed by atoms with van der Waals surface area (Å²) >= 11 is 0. The van der Waals surface area contributed by atoms with E-state index in [1.54, 1.807) is 12.1 Å². The SMILES string of the molecule is O=C(CCc1cccc(OP(=O)([O-])Oc2cccc(CCC(=O)c3c(O)cc(O)cc3O)c2)c1)c1c(O)cc(O)cc1O.[Na+]. The van der Waals surface area contributed by atoms with Crippen molar-refractivity contribution in [2.45, 2.75) is 25.7 Å². The second-order valence-corrected chi connectivity index (χ2v) is 10.7. The van der Waals surface area contributed by atoms with Gasteiger partial charge < -0.3 is 44.6 Å². The van der Waals surface area contributed by atoms with E-state index in [-0.39, 0.29) is 77.9 Å². The number of hydrogen-bond donors (Lipinski definition) is 6. The molecule has 0 aromatic heterocycles. The van der Waals surface area contributed by atoms with E-state index in [1.165, 1.54) is 36.4 Å². The Labute approximate surface area is 273 Å². The van der Waals surface area contributed by atoms with Gasteiger partial charge in [0.25, 0.3) is 0 Å². The molecule has 0 saturated heterocycles. The number of ketones is 2. The molecule has 0 heterocycles. The van der Waals surface area contributed by atoms with E-state index in [0.717, 1.165) is 24.3 Å². The first kappa shape index (κ1) is 34.3. The number of phosphoric acid groups is 1. The fraction of sp³-hybridized carbons (Fsp3) is 0.133. The van der Waals surface area contributed by atoms with Crippen molar-refractivity contribution in [2.75, 3.05) is 0 Å². The molecule has 0 spiro atoms. The molecule has 0 aliphatic heterocycles. The summed E-state index contributed by atoms with van der Waals surface area (Å²) in [7, 11) is -4.95. The van der Waals surface area contributed by atoms with Crippen molar-refractivity contribution >= 4 is 19.4 Å². The number of hydrogen-bond acceptors (Lipinski definition) is 12. The van der Waals surface area contributed by atoms with Crippen LogP contribution in [-0.4, -0.2) is 42.2 Å². The Balaban J connectivity index is 0.00000529. The molecule has 6 N–H and O–H groups in total. The first-order valence-corrected chi connectivity index (χ1v) is 14.2. The van der Waals surface area contributed by atoms with E-state index in [4.69, 9.17) is 9.05 Å². The molecular weight excluding hydrogens is 606 g/mol. The molecule has 0 aliphatic rings. The number of carbonyl (C=O) groups is 2. The number of carbonyl (C=O) groups excluding carboxylic acids is 2. The maximum absolute atomic E-state index is 12.6. The molecule has 0 saturated carbocycles. The molecule has 4 rings (SSSR count). The number of phosphoric ester groups is 1. The van der Waals surface area contributed by atoms with E-state index in [0.29, 0.717) is 11.1 Å². The predicted octanol–water partition coefficient (Wildman–Crippen LogP) is 1.48. The number of rotatable bonds is 12. The molecule has 14 heteroatoms. The third-order valence-corrected chi connectivity index (χ3v) is 7.10. The first-order valence-electron chi connectivity index (χ1n) is 12.8. The summed E-state index contributed by atoms with van der Waals surface area (Å²) in [6.07, 6.45) is -0.0785. The standard InChI is InChI=1S/C30H27O12P.Na/c31-19-13-25(35)29(26(36)14-19)23(33)9-7-17-3-1-5-21(11-17)41-43(39,40)42-22-6-2-4-18(12-22)8-10-24(34)30-27(37)15-20(32)16-28(30)38;/h1-6,11-16,31-32,35-38H,7-10H2,(H,39,40);/q;+1/p-1. The predicted molar refractivity (Wildman–Crippen MR) is 150 cm³/mol. The van der Waals surface area contributed by atoms with Crippen LogP contribution >= 0.6 is 7.82 Å². The van der Waals surface area contributed by atoms with Crippen molar-refractivity contribution in [3.05, 3.63) is 95.1 Å². The molecule has 0 amide bonds. The summed E-state index contributed by atoms with van der Waals surface area (Å²) in [6, 6.07) is 15.5. The van der Waals surface area contributed by atoms with Gasteiger partial charge >= 0.3 is 37.4 Å². The van der Waals surface area contributed by atoms with Crippen LogP contribution in [0, 0.1) is 0 Å². The second-order valence-electron chi connectivity index (χ2n) is 9.49. The molecule has 0 radical (unpaired) electrons. The van der Waals surface area contributed by atoms with Gasteiger partial charge in [0, 0.05) is 37.1 Å². The molecule has 0 fully saturated rings. The number of phenols is 6. The minimum atomic E-state index is -4.95. The van der Waals surface area contributed by atoms with Gasteiger partial charge in [-0.1, -0.05) is 24.3 Å². The van der Waals surface area contributed by atoms with Crippen LogP contribution in [0.3, 0.4) is 0 Å². The van der Waals surface area contributed by atoms with Crippen molar-refractivity contribution in [3.63, 3.8) is 0 Å². The second kappa shape index (κ2) is 14.5. The van der Waals surface area contributed by atoms with E-state index in [1.807, 2.05) is 0 Å². The topological polar surface area (TPSA) is 214 Å². The minimum absolute atomic E-state index is 0. The molecule has 0 bridgehead atoms. The summed E-state index contributed by atoms with van der Waals surface area (Å²) in [4.78, 5) is 37.7. The van der Waals surface area contributed by atoms with Crippen LogP contribution in [0.5, 0.6) is 46.0 Å². The Morgan fingerprint density at radius 2 is 0.955 bits per heavy atom. The molecule has 4 aromatic rings. The van der Waals surface area contributed by atoms with Gasteiger partial charge in [-0.3, -0.25) is 9.59 Å². The van der Waals surface area contributed by atoms with E-state index >= 15 is 0 Å². The van der Waals surface area contributed by atoms with Gasteiger partial charge in [-0.25, -0.2) is 4.57 Å². The molecule has 0 aliphatic carbocycles. The number of aromatic hydroxyl groups is 6. The van der Waals surface area contributed by atoms with Crippen molar-refractivity contribution in [3.8, 4) is 46.0 Å². The Bertz CT molecular complexity index is 1570. The Morgan fingerprint density at radius 1 is 0.614 bits per heavy atom. The van der Waals surface area contributed by atoms with E-state index in [2.05, 4.69) is 0 Å². The van der Waals surface area contributed by atoms with Crippen LogP contribution in [-0.2, 0) is 17.4 Å². The monoisotopic (exact) mass is 632 g/mol. The number of Topliss-reactive ketones (excluding diaryl/α,β-unsaturated/α-hetero) is 2. The van der Waals surface area contributed by atoms with Gasteiger partial charge in [-0.15, -0.1) is 0 Å². The van der Waals surface area contributed by atoms with Crippen molar-refractivity contribution in [1.82, 2.24) is 0 Å². The first-order chi connectivity index (χ1) is 20.3. The van der Waals surface area contributed by atoms with Crippen molar-refractivity contribution in [1.29, 1.82) is 0 Å². The van der Waals surface area contributed by atoms with Gasteiger partial charge in [0.1, 0.15) is 57.1 Å². The zero-order valence-corrected chi connectivity index (χ0v) is 26.2. The molecule has 12 nitrogen and oxygen atoms in total. The molecule has 224 valence electrons. The maximum Gasteiger partial charge on any atom is 1.00 e. The van der Waals surface area contributed by atoms with Crippen molar-refractivity contribution in [2.24, 2.45) is 0 Å². The molecule has 44 heavy (non-hydrogen) atoms. The molecule has 4 aromatic carbocycles. The maximum atomic E-state index is 12.6. The number of benzene rings is 4. The number of aryl methyl sites for hydroxylation is 2. The summed E-state index contributed by atoms with van der Waals surface area (Å²) in [5, 5.41) is 58.4. The van der Waals surface area contributed by atoms with Crippen LogP contribution in [0.15, 0.2) is 72.8 Å².